The molecule has 0 unspecified atom stereocenters. The summed E-state index contributed by atoms with van der Waals surface area (Å²) in [7, 11) is 0. The molecular weight excluding hydrogens is 510 g/mol. The van der Waals surface area contributed by atoms with Gasteiger partial charge in [0.05, 0.1) is 17.6 Å². The minimum Gasteiger partial charge on any atom is -0.465 e. The molecule has 5 rings (SSSR count). The number of rotatable bonds is 2. The highest BCUT2D eigenvalue weighted by molar-refractivity contribution is 6.04. The summed E-state index contributed by atoms with van der Waals surface area (Å²) in [5, 5.41) is 9.95. The van der Waals surface area contributed by atoms with Crippen LogP contribution < -0.4 is 0 Å². The number of fused-ring (bicyclic) bond motifs is 7. The van der Waals surface area contributed by atoms with Crippen molar-refractivity contribution < 1.29 is 19.1 Å². The number of Topliss-reactive ketones (excluding diaryl/α,β-unsaturated/α-hetero) is 2. The molecule has 0 heterocycles. The predicted octanol–water partition coefficient (Wildman–Crippen LogP) is 7.88. The fourth-order valence-corrected chi connectivity index (χ4v) is 11.1. The number of nitriles is 1. The lowest BCUT2D eigenvalue weighted by molar-refractivity contribution is -0.228. The van der Waals surface area contributed by atoms with Crippen LogP contribution in [0.15, 0.2) is 11.6 Å². The quantitative estimate of drug-likeness (QED) is 0.319. The average Bonchev–Trinajstić information content (AvgIpc) is 2.86. The Hall–Kier alpha value is -1.96. The van der Waals surface area contributed by atoms with Crippen LogP contribution in [0.3, 0.4) is 0 Å². The molecule has 0 radical (unpaired) electrons. The summed E-state index contributed by atoms with van der Waals surface area (Å²) < 4.78 is 6.08. The van der Waals surface area contributed by atoms with Crippen LogP contribution in [0, 0.1) is 72.9 Å². The van der Waals surface area contributed by atoms with E-state index < -0.39 is 10.8 Å². The first-order valence-corrected chi connectivity index (χ1v) is 16.1. The lowest BCUT2D eigenvalue weighted by Crippen LogP contribution is -2.69. The maximum atomic E-state index is 14.7. The topological polar surface area (TPSA) is 84.2 Å². The third kappa shape index (κ3) is 4.16. The Morgan fingerprint density at radius 3 is 2.20 bits per heavy atom. The van der Waals surface area contributed by atoms with Crippen molar-refractivity contribution in [2.24, 2.45) is 61.6 Å². The number of hydrogen-bond acceptors (Lipinski definition) is 5. The third-order valence-corrected chi connectivity index (χ3v) is 13.7. The summed E-state index contributed by atoms with van der Waals surface area (Å²) in [6, 6.07) is 2.22. The molecule has 0 saturated heterocycles. The summed E-state index contributed by atoms with van der Waals surface area (Å²) in [6.07, 6.45) is 9.36. The zero-order valence-corrected chi connectivity index (χ0v) is 27.3. The molecule has 5 nitrogen and oxygen atoms in total. The molecule has 0 bridgehead atoms. The molecule has 226 valence electrons. The molecule has 8 atom stereocenters. The highest BCUT2D eigenvalue weighted by Crippen LogP contribution is 2.75. The van der Waals surface area contributed by atoms with Crippen LogP contribution in [0.5, 0.6) is 0 Å². The molecule has 4 fully saturated rings. The van der Waals surface area contributed by atoms with Crippen molar-refractivity contribution in [3.05, 3.63) is 11.6 Å². The van der Waals surface area contributed by atoms with Gasteiger partial charge in [0.1, 0.15) is 11.9 Å². The number of ether oxygens (including phenoxy) is 1. The van der Waals surface area contributed by atoms with Gasteiger partial charge in [-0.25, -0.2) is 0 Å². The van der Waals surface area contributed by atoms with Gasteiger partial charge in [-0.2, -0.15) is 5.26 Å². The number of carbonyl (C=O) groups excluding carboxylic acids is 3. The fourth-order valence-electron chi connectivity index (χ4n) is 11.1. The first-order valence-electron chi connectivity index (χ1n) is 16.1. The summed E-state index contributed by atoms with van der Waals surface area (Å²) in [6.45, 7) is 21.9. The normalized spacial score (nSPS) is 44.8. The molecule has 0 aromatic rings. The van der Waals surface area contributed by atoms with E-state index in [1.807, 2.05) is 40.7 Å². The number of allylic oxidation sites excluding steroid dienone is 2. The summed E-state index contributed by atoms with van der Waals surface area (Å²) in [5.74, 6) is 0.458. The van der Waals surface area contributed by atoms with Crippen LogP contribution in [0.2, 0.25) is 0 Å². The number of esters is 1. The molecule has 0 N–H and O–H groups in total. The Morgan fingerprint density at radius 2 is 1.59 bits per heavy atom. The van der Waals surface area contributed by atoms with Crippen molar-refractivity contribution >= 4 is 17.5 Å². The lowest BCUT2D eigenvalue weighted by atomic mass is 9.31. The lowest BCUT2D eigenvalue weighted by Gasteiger charge is -2.72. The molecule has 5 aliphatic rings. The molecule has 41 heavy (non-hydrogen) atoms. The Kier molecular flexibility index (Phi) is 6.71. The number of ketones is 2. The van der Waals surface area contributed by atoms with Crippen LogP contribution in [-0.2, 0) is 19.1 Å². The van der Waals surface area contributed by atoms with E-state index in [-0.39, 0.29) is 68.1 Å². The SMILES string of the molecule is CC1(C)CC[C@]2(COC(=O)C(C)(C)C)CC[C@]3(C)[C@H](C(=O)C[C@@H]4[C@@]5(C)C=C(C#N)C(=O)C(C)(C)[C@@H]5CC[C@]43C)[C@H]2C1. The third-order valence-electron chi connectivity index (χ3n) is 13.7. The van der Waals surface area contributed by atoms with E-state index in [9.17, 15) is 19.6 Å². The van der Waals surface area contributed by atoms with Crippen molar-refractivity contribution in [3.63, 3.8) is 0 Å². The number of nitrogens with zero attached hydrogens (tertiary/aromatic N) is 1. The monoisotopic (exact) mass is 563 g/mol. The van der Waals surface area contributed by atoms with E-state index >= 15 is 0 Å². The van der Waals surface area contributed by atoms with Gasteiger partial charge in [0.2, 0.25) is 0 Å². The fraction of sp³-hybridized carbons (Fsp3) is 0.833. The number of carbonyl (C=O) groups is 3. The van der Waals surface area contributed by atoms with Gasteiger partial charge in [-0.1, -0.05) is 54.5 Å². The Bertz CT molecular complexity index is 1240. The minimum absolute atomic E-state index is 0.0472. The summed E-state index contributed by atoms with van der Waals surface area (Å²) >= 11 is 0. The largest absolute Gasteiger partial charge is 0.465 e. The van der Waals surface area contributed by atoms with Crippen LogP contribution in [0.1, 0.15) is 121 Å². The first-order chi connectivity index (χ1) is 18.7. The van der Waals surface area contributed by atoms with E-state index in [4.69, 9.17) is 4.74 Å². The molecule has 0 aromatic carbocycles. The van der Waals surface area contributed by atoms with Gasteiger partial charge in [-0.05, 0) is 105 Å². The standard InChI is InChI=1S/C36H53NO4/c1-30(2,3)29(40)41-21-36-15-13-31(4,5)19-23(36)27-24(38)17-26-33(8)18-22(20-37)28(39)32(6,7)25(33)11-12-34(26,9)35(27,10)14-16-36/h18,23,25-27H,11-17,19,21H2,1-10H3/t23-,25+,26-,27+,33+,34-,35-,36-/m1/s1. The molecule has 5 heteroatoms. The van der Waals surface area contributed by atoms with E-state index in [2.05, 4.69) is 40.7 Å². The van der Waals surface area contributed by atoms with Crippen molar-refractivity contribution in [2.75, 3.05) is 6.61 Å². The van der Waals surface area contributed by atoms with Crippen molar-refractivity contribution in [1.82, 2.24) is 0 Å². The molecule has 0 amide bonds. The van der Waals surface area contributed by atoms with Crippen LogP contribution in [0.25, 0.3) is 0 Å². The molecular formula is C36H53NO4. The highest BCUT2D eigenvalue weighted by Gasteiger charge is 2.72. The van der Waals surface area contributed by atoms with Gasteiger partial charge in [0, 0.05) is 23.2 Å². The minimum atomic E-state index is -0.622. The van der Waals surface area contributed by atoms with Gasteiger partial charge in [-0.15, -0.1) is 0 Å². The van der Waals surface area contributed by atoms with Crippen molar-refractivity contribution in [2.45, 2.75) is 121 Å². The molecule has 0 spiro atoms. The van der Waals surface area contributed by atoms with Gasteiger partial charge in [0.15, 0.2) is 5.78 Å². The van der Waals surface area contributed by atoms with Gasteiger partial charge < -0.3 is 4.74 Å². The molecule has 0 aliphatic heterocycles. The zero-order chi connectivity index (χ0) is 30.6. The van der Waals surface area contributed by atoms with Crippen LogP contribution in [-0.4, -0.2) is 24.1 Å². The van der Waals surface area contributed by atoms with Crippen LogP contribution in [0.4, 0.5) is 0 Å². The number of hydrogen-bond donors (Lipinski definition) is 0. The average molecular weight is 564 g/mol. The van der Waals surface area contributed by atoms with Crippen LogP contribution >= 0.6 is 0 Å². The second-order valence-corrected chi connectivity index (χ2v) is 17.9. The second kappa shape index (κ2) is 9.03. The van der Waals surface area contributed by atoms with Crippen molar-refractivity contribution in [1.29, 1.82) is 5.26 Å². The maximum Gasteiger partial charge on any atom is 0.311 e. The summed E-state index contributed by atoms with van der Waals surface area (Å²) in [5.41, 5.74) is -1.60. The zero-order valence-electron chi connectivity index (χ0n) is 27.3. The van der Waals surface area contributed by atoms with E-state index in [0.29, 0.717) is 18.8 Å². The molecule has 0 aromatic heterocycles. The Morgan fingerprint density at radius 1 is 0.951 bits per heavy atom. The Balaban J connectivity index is 1.57. The first kappa shape index (κ1) is 30.5. The van der Waals surface area contributed by atoms with E-state index in [1.165, 1.54) is 0 Å². The maximum absolute atomic E-state index is 14.7. The summed E-state index contributed by atoms with van der Waals surface area (Å²) in [4.78, 5) is 40.9. The van der Waals surface area contributed by atoms with E-state index in [1.54, 1.807) is 0 Å². The highest BCUT2D eigenvalue weighted by atomic mass is 16.5. The van der Waals surface area contributed by atoms with Crippen molar-refractivity contribution in [3.8, 4) is 6.07 Å². The molecule has 4 saturated carbocycles. The van der Waals surface area contributed by atoms with E-state index in [0.717, 1.165) is 44.9 Å². The van der Waals surface area contributed by atoms with Gasteiger partial charge >= 0.3 is 5.97 Å². The van der Waals surface area contributed by atoms with Gasteiger partial charge in [0.25, 0.3) is 0 Å². The van der Waals surface area contributed by atoms with Gasteiger partial charge in [-0.3, -0.25) is 14.4 Å². The predicted molar refractivity (Wildman–Crippen MR) is 159 cm³/mol. The molecule has 5 aliphatic carbocycles. The Labute approximate surface area is 248 Å². The smallest absolute Gasteiger partial charge is 0.311 e. The second-order valence-electron chi connectivity index (χ2n) is 17.9.